The fraction of sp³-hybridized carbons (Fsp3) is 0.889. The first-order chi connectivity index (χ1) is 5.68. The molecule has 2 atom stereocenters. The molecule has 2 saturated heterocycles. The van der Waals surface area contributed by atoms with Gasteiger partial charge in [0, 0.05) is 26.7 Å². The van der Waals surface area contributed by atoms with Crippen molar-refractivity contribution in [3.8, 4) is 0 Å². The van der Waals surface area contributed by atoms with Gasteiger partial charge in [0.2, 0.25) is 5.91 Å². The average Bonchev–Trinajstić information content (AvgIpc) is 2.39. The van der Waals surface area contributed by atoms with E-state index in [0.29, 0.717) is 17.7 Å². The first-order valence-corrected chi connectivity index (χ1v) is 4.62. The molecule has 0 aromatic rings. The number of hydrogen-bond donors (Lipinski definition) is 0. The SMILES string of the molecule is CN1CC2CCN(C)C(=O)C2C1. The number of rotatable bonds is 0. The highest BCUT2D eigenvalue weighted by Crippen LogP contribution is 2.30. The van der Waals surface area contributed by atoms with E-state index in [4.69, 9.17) is 0 Å². The quantitative estimate of drug-likeness (QED) is 0.509. The Balaban J connectivity index is 2.11. The Bertz CT molecular complexity index is 205. The van der Waals surface area contributed by atoms with E-state index in [1.165, 1.54) is 6.42 Å². The second-order valence-electron chi connectivity index (χ2n) is 4.14. The van der Waals surface area contributed by atoms with Crippen LogP contribution in [0.3, 0.4) is 0 Å². The second kappa shape index (κ2) is 2.73. The first kappa shape index (κ1) is 8.05. The number of hydrogen-bond acceptors (Lipinski definition) is 2. The summed E-state index contributed by atoms with van der Waals surface area (Å²) in [4.78, 5) is 15.8. The number of amides is 1. The van der Waals surface area contributed by atoms with E-state index < -0.39 is 0 Å². The van der Waals surface area contributed by atoms with Gasteiger partial charge in [0.05, 0.1) is 5.92 Å². The highest BCUT2D eigenvalue weighted by molar-refractivity contribution is 5.80. The van der Waals surface area contributed by atoms with Crippen molar-refractivity contribution in [1.29, 1.82) is 0 Å². The number of likely N-dealkylation sites (tertiary alicyclic amines) is 2. The third-order valence-corrected chi connectivity index (χ3v) is 3.15. The Morgan fingerprint density at radius 2 is 2.08 bits per heavy atom. The molecule has 0 N–H and O–H groups in total. The summed E-state index contributed by atoms with van der Waals surface area (Å²) in [6, 6.07) is 0. The number of nitrogens with zero attached hydrogens (tertiary/aromatic N) is 2. The molecule has 2 unspecified atom stereocenters. The van der Waals surface area contributed by atoms with Crippen LogP contribution in [-0.2, 0) is 4.79 Å². The molecule has 2 aliphatic heterocycles. The van der Waals surface area contributed by atoms with Crippen molar-refractivity contribution in [1.82, 2.24) is 9.80 Å². The number of carbonyl (C=O) groups is 1. The zero-order valence-corrected chi connectivity index (χ0v) is 7.79. The summed E-state index contributed by atoms with van der Waals surface area (Å²) in [7, 11) is 4.02. The average molecular weight is 168 g/mol. The van der Waals surface area contributed by atoms with E-state index in [1.54, 1.807) is 0 Å². The maximum atomic E-state index is 11.7. The van der Waals surface area contributed by atoms with Gasteiger partial charge in [0.15, 0.2) is 0 Å². The Labute approximate surface area is 73.3 Å². The highest BCUT2D eigenvalue weighted by atomic mass is 16.2. The summed E-state index contributed by atoms with van der Waals surface area (Å²) in [5.41, 5.74) is 0. The largest absolute Gasteiger partial charge is 0.345 e. The standard InChI is InChI=1S/C9H16N2O/c1-10-5-7-3-4-11(2)9(12)8(7)6-10/h7-8H,3-6H2,1-2H3. The monoisotopic (exact) mass is 168 g/mol. The van der Waals surface area contributed by atoms with Crippen molar-refractivity contribution < 1.29 is 4.79 Å². The topological polar surface area (TPSA) is 23.6 Å². The van der Waals surface area contributed by atoms with E-state index >= 15 is 0 Å². The lowest BCUT2D eigenvalue weighted by Gasteiger charge is -2.30. The normalized spacial score (nSPS) is 37.2. The number of fused-ring (bicyclic) bond motifs is 1. The molecule has 1 amide bonds. The van der Waals surface area contributed by atoms with E-state index in [2.05, 4.69) is 11.9 Å². The summed E-state index contributed by atoms with van der Waals surface area (Å²) in [5, 5.41) is 0. The molecule has 68 valence electrons. The molecule has 0 aromatic heterocycles. The third-order valence-electron chi connectivity index (χ3n) is 3.15. The maximum absolute atomic E-state index is 11.7. The predicted molar refractivity (Wildman–Crippen MR) is 46.7 cm³/mol. The van der Waals surface area contributed by atoms with Gasteiger partial charge in [-0.1, -0.05) is 0 Å². The van der Waals surface area contributed by atoms with E-state index in [9.17, 15) is 4.79 Å². The molecule has 0 spiro atoms. The van der Waals surface area contributed by atoms with Crippen LogP contribution in [0.15, 0.2) is 0 Å². The lowest BCUT2D eigenvalue weighted by atomic mass is 9.88. The van der Waals surface area contributed by atoms with Crippen LogP contribution in [0.1, 0.15) is 6.42 Å². The van der Waals surface area contributed by atoms with Crippen molar-refractivity contribution in [2.75, 3.05) is 33.7 Å². The van der Waals surface area contributed by atoms with Crippen LogP contribution in [0, 0.1) is 11.8 Å². The number of piperidine rings is 1. The molecular weight excluding hydrogens is 152 g/mol. The summed E-state index contributed by atoms with van der Waals surface area (Å²) in [5.74, 6) is 1.29. The van der Waals surface area contributed by atoms with Gasteiger partial charge in [-0.25, -0.2) is 0 Å². The van der Waals surface area contributed by atoms with Crippen LogP contribution in [0.2, 0.25) is 0 Å². The molecule has 0 saturated carbocycles. The summed E-state index contributed by atoms with van der Waals surface area (Å²) in [6.45, 7) is 3.03. The fourth-order valence-electron chi connectivity index (χ4n) is 2.41. The van der Waals surface area contributed by atoms with Gasteiger partial charge in [-0.05, 0) is 19.4 Å². The summed E-state index contributed by atoms with van der Waals surface area (Å²) >= 11 is 0. The lowest BCUT2D eigenvalue weighted by Crippen LogP contribution is -2.42. The minimum absolute atomic E-state index is 0.300. The Hall–Kier alpha value is -0.570. The Kier molecular flexibility index (Phi) is 1.83. The Morgan fingerprint density at radius 3 is 2.83 bits per heavy atom. The second-order valence-corrected chi connectivity index (χ2v) is 4.14. The smallest absolute Gasteiger partial charge is 0.227 e. The lowest BCUT2D eigenvalue weighted by molar-refractivity contribution is -0.137. The molecule has 0 aromatic carbocycles. The van der Waals surface area contributed by atoms with Crippen LogP contribution >= 0.6 is 0 Å². The zero-order valence-electron chi connectivity index (χ0n) is 7.79. The Morgan fingerprint density at radius 1 is 1.33 bits per heavy atom. The van der Waals surface area contributed by atoms with Crippen LogP contribution in [0.4, 0.5) is 0 Å². The molecule has 0 bridgehead atoms. The van der Waals surface area contributed by atoms with Crippen molar-refractivity contribution in [3.63, 3.8) is 0 Å². The fourth-order valence-corrected chi connectivity index (χ4v) is 2.41. The molecule has 2 rings (SSSR count). The molecule has 3 nitrogen and oxygen atoms in total. The van der Waals surface area contributed by atoms with Crippen LogP contribution < -0.4 is 0 Å². The molecule has 2 fully saturated rings. The van der Waals surface area contributed by atoms with Crippen molar-refractivity contribution >= 4 is 5.91 Å². The molecule has 0 radical (unpaired) electrons. The molecule has 3 heteroatoms. The predicted octanol–water partition coefficient (Wildman–Crippen LogP) is 0.0263. The number of carbonyl (C=O) groups excluding carboxylic acids is 1. The van der Waals surface area contributed by atoms with Gasteiger partial charge in [0.1, 0.15) is 0 Å². The molecule has 0 aliphatic carbocycles. The van der Waals surface area contributed by atoms with Gasteiger partial charge in [0.25, 0.3) is 0 Å². The van der Waals surface area contributed by atoms with Gasteiger partial charge >= 0.3 is 0 Å². The van der Waals surface area contributed by atoms with E-state index in [0.717, 1.165) is 19.6 Å². The first-order valence-electron chi connectivity index (χ1n) is 4.62. The van der Waals surface area contributed by atoms with Crippen molar-refractivity contribution in [2.24, 2.45) is 11.8 Å². The summed E-state index contributed by atoms with van der Waals surface area (Å²) in [6.07, 6.45) is 1.19. The van der Waals surface area contributed by atoms with Crippen molar-refractivity contribution in [3.05, 3.63) is 0 Å². The molecule has 12 heavy (non-hydrogen) atoms. The third kappa shape index (κ3) is 1.12. The minimum atomic E-state index is 0.300. The van der Waals surface area contributed by atoms with Crippen LogP contribution in [-0.4, -0.2) is 49.4 Å². The molecule has 2 heterocycles. The van der Waals surface area contributed by atoms with Crippen molar-refractivity contribution in [2.45, 2.75) is 6.42 Å². The minimum Gasteiger partial charge on any atom is -0.345 e. The van der Waals surface area contributed by atoms with Gasteiger partial charge < -0.3 is 9.80 Å². The van der Waals surface area contributed by atoms with Gasteiger partial charge in [-0.15, -0.1) is 0 Å². The summed E-state index contributed by atoms with van der Waals surface area (Å²) < 4.78 is 0. The van der Waals surface area contributed by atoms with Crippen LogP contribution in [0.25, 0.3) is 0 Å². The highest BCUT2D eigenvalue weighted by Gasteiger charge is 2.40. The maximum Gasteiger partial charge on any atom is 0.227 e. The van der Waals surface area contributed by atoms with Gasteiger partial charge in [-0.2, -0.15) is 0 Å². The molecular formula is C9H16N2O. The van der Waals surface area contributed by atoms with E-state index in [-0.39, 0.29) is 0 Å². The van der Waals surface area contributed by atoms with E-state index in [1.807, 2.05) is 11.9 Å². The molecule has 2 aliphatic rings. The van der Waals surface area contributed by atoms with Gasteiger partial charge in [-0.3, -0.25) is 4.79 Å². The van der Waals surface area contributed by atoms with Crippen LogP contribution in [0.5, 0.6) is 0 Å². The zero-order chi connectivity index (χ0) is 8.72.